The Kier molecular flexibility index (Phi) is 36.3. The number of phosphoric acid groups is 1. The summed E-state index contributed by atoms with van der Waals surface area (Å²) in [6.07, 6.45) is 46.7. The Hall–Kier alpha value is -2.55. The smallest absolute Gasteiger partial charge is 0.462 e. The molecule has 10 heteroatoms. The zero-order chi connectivity index (χ0) is 41.4. The van der Waals surface area contributed by atoms with Crippen molar-refractivity contribution in [1.29, 1.82) is 0 Å². The Bertz CT molecular complexity index is 1180. The van der Waals surface area contributed by atoms with E-state index in [0.29, 0.717) is 23.9 Å². The molecule has 1 N–H and O–H groups in total. The quantitative estimate of drug-likeness (QED) is 0.0216. The first-order valence-corrected chi connectivity index (χ1v) is 23.2. The van der Waals surface area contributed by atoms with E-state index in [1.807, 2.05) is 21.1 Å². The maximum atomic E-state index is 12.7. The first kappa shape index (κ1) is 53.5. The monoisotopic (exact) mass is 807 g/mol. The first-order chi connectivity index (χ1) is 27.0. The number of ether oxygens (including phenoxy) is 2. The SMILES string of the molecule is CC/C=C\C/C=C\C/C=C\CCCCCCCC(=O)O[C@H](COC(=O)CCC/C=C\C/C=C\C/C=C\CCCCCCCC)COP(=O)(O)OCC[N+](C)(C)C. The Morgan fingerprint density at radius 2 is 1.04 bits per heavy atom. The van der Waals surface area contributed by atoms with Crippen LogP contribution in [-0.4, -0.2) is 74.9 Å². The van der Waals surface area contributed by atoms with Gasteiger partial charge in [0.2, 0.25) is 0 Å². The van der Waals surface area contributed by atoms with Crippen LogP contribution < -0.4 is 0 Å². The maximum absolute atomic E-state index is 12.7. The number of hydrogen-bond acceptors (Lipinski definition) is 7. The third-order valence-electron chi connectivity index (χ3n) is 8.72. The topological polar surface area (TPSA) is 108 Å². The summed E-state index contributed by atoms with van der Waals surface area (Å²) in [4.78, 5) is 35.3. The van der Waals surface area contributed by atoms with Crippen LogP contribution >= 0.6 is 7.82 Å². The maximum Gasteiger partial charge on any atom is 0.472 e. The van der Waals surface area contributed by atoms with E-state index in [1.54, 1.807) is 0 Å². The van der Waals surface area contributed by atoms with E-state index in [0.717, 1.165) is 77.0 Å². The standard InChI is InChI=1S/C46H80NO8P/c1-6-8-10-12-14-16-18-20-22-23-25-26-28-30-32-34-36-38-45(48)52-42-44(43-54-56(50,51)53-41-40-47(3,4)5)55-46(49)39-37-35-33-31-29-27-24-21-19-17-15-13-11-9-7-2/h9,11,15,17,20-22,24-26,30,32,44H,6-8,10,12-14,16,18-19,23,27-29,31,33-43H2,1-5H3/p+1/b11-9-,17-15-,22-20-,24-21-,26-25-,32-30-/t44-/m1/s1. The third kappa shape index (κ3) is 41.1. The van der Waals surface area contributed by atoms with Crippen molar-refractivity contribution in [2.45, 2.75) is 161 Å². The number of nitrogens with zero attached hydrogens (tertiary/aromatic N) is 1. The van der Waals surface area contributed by atoms with Gasteiger partial charge in [0, 0.05) is 12.8 Å². The molecule has 0 saturated carbocycles. The van der Waals surface area contributed by atoms with Crippen LogP contribution in [0.2, 0.25) is 0 Å². The Morgan fingerprint density at radius 1 is 0.571 bits per heavy atom. The number of hydrogen-bond donors (Lipinski definition) is 1. The van der Waals surface area contributed by atoms with E-state index in [9.17, 15) is 19.0 Å². The summed E-state index contributed by atoms with van der Waals surface area (Å²) >= 11 is 0. The molecule has 0 aromatic carbocycles. The molecule has 0 aliphatic carbocycles. The van der Waals surface area contributed by atoms with Gasteiger partial charge in [0.1, 0.15) is 19.8 Å². The van der Waals surface area contributed by atoms with E-state index < -0.39 is 32.5 Å². The van der Waals surface area contributed by atoms with Crippen LogP contribution in [0.1, 0.15) is 155 Å². The fourth-order valence-electron chi connectivity index (χ4n) is 5.34. The highest BCUT2D eigenvalue weighted by Crippen LogP contribution is 2.43. The van der Waals surface area contributed by atoms with Crippen LogP contribution in [0, 0.1) is 0 Å². The van der Waals surface area contributed by atoms with E-state index in [-0.39, 0.29) is 26.1 Å². The van der Waals surface area contributed by atoms with Crippen LogP contribution in [0.25, 0.3) is 0 Å². The molecule has 2 atom stereocenters. The van der Waals surface area contributed by atoms with Crippen molar-refractivity contribution in [3.05, 3.63) is 72.9 Å². The summed E-state index contributed by atoms with van der Waals surface area (Å²) in [5.41, 5.74) is 0. The molecule has 0 aromatic heterocycles. The average Bonchev–Trinajstić information content (AvgIpc) is 3.15. The van der Waals surface area contributed by atoms with Gasteiger partial charge in [0.25, 0.3) is 0 Å². The van der Waals surface area contributed by atoms with Crippen molar-refractivity contribution in [1.82, 2.24) is 0 Å². The molecule has 9 nitrogen and oxygen atoms in total. The van der Waals surface area contributed by atoms with Gasteiger partial charge in [-0.15, -0.1) is 0 Å². The highest BCUT2D eigenvalue weighted by atomic mass is 31.2. The van der Waals surface area contributed by atoms with Crippen molar-refractivity contribution in [3.8, 4) is 0 Å². The first-order valence-electron chi connectivity index (χ1n) is 21.7. The fraction of sp³-hybridized carbons (Fsp3) is 0.696. The highest BCUT2D eigenvalue weighted by molar-refractivity contribution is 7.47. The number of allylic oxidation sites excluding steroid dienone is 12. The minimum absolute atomic E-state index is 0.0168. The number of carbonyl (C=O) groups is 2. The van der Waals surface area contributed by atoms with Gasteiger partial charge < -0.3 is 18.9 Å². The van der Waals surface area contributed by atoms with Crippen LogP contribution in [0.3, 0.4) is 0 Å². The van der Waals surface area contributed by atoms with Gasteiger partial charge in [-0.1, -0.05) is 138 Å². The average molecular weight is 807 g/mol. The molecule has 0 aliphatic heterocycles. The molecular weight excluding hydrogens is 725 g/mol. The fourth-order valence-corrected chi connectivity index (χ4v) is 6.08. The van der Waals surface area contributed by atoms with Gasteiger partial charge in [-0.05, 0) is 77.0 Å². The second kappa shape index (κ2) is 38.0. The number of phosphoric ester groups is 1. The van der Waals surface area contributed by atoms with Gasteiger partial charge in [-0.25, -0.2) is 4.57 Å². The van der Waals surface area contributed by atoms with Crippen LogP contribution in [0.4, 0.5) is 0 Å². The molecule has 0 rings (SSSR count). The largest absolute Gasteiger partial charge is 0.472 e. The number of rotatable bonds is 38. The second-order valence-corrected chi connectivity index (χ2v) is 16.8. The molecule has 0 heterocycles. The van der Waals surface area contributed by atoms with Gasteiger partial charge >= 0.3 is 19.8 Å². The zero-order valence-corrected chi connectivity index (χ0v) is 37.0. The molecule has 0 radical (unpaired) electrons. The van der Waals surface area contributed by atoms with E-state index >= 15 is 0 Å². The molecule has 0 aliphatic rings. The summed E-state index contributed by atoms with van der Waals surface area (Å²) in [6.45, 7) is 4.20. The molecule has 0 fully saturated rings. The zero-order valence-electron chi connectivity index (χ0n) is 36.1. The molecule has 322 valence electrons. The van der Waals surface area contributed by atoms with Gasteiger partial charge in [-0.2, -0.15) is 0 Å². The van der Waals surface area contributed by atoms with Crippen LogP contribution in [0.15, 0.2) is 72.9 Å². The normalized spacial score (nSPS) is 14.3. The van der Waals surface area contributed by atoms with E-state index in [1.165, 1.54) is 38.5 Å². The highest BCUT2D eigenvalue weighted by Gasteiger charge is 2.27. The molecule has 0 saturated heterocycles. The second-order valence-electron chi connectivity index (χ2n) is 15.3. The van der Waals surface area contributed by atoms with E-state index in [2.05, 4.69) is 86.8 Å². The number of esters is 2. The minimum Gasteiger partial charge on any atom is -0.462 e. The molecule has 0 bridgehead atoms. The Balaban J connectivity index is 4.49. The van der Waals surface area contributed by atoms with E-state index in [4.69, 9.17) is 18.5 Å². The predicted molar refractivity (Wildman–Crippen MR) is 233 cm³/mol. The number of quaternary nitrogens is 1. The number of unbranched alkanes of at least 4 members (excludes halogenated alkanes) is 12. The lowest BCUT2D eigenvalue weighted by molar-refractivity contribution is -0.870. The lowest BCUT2D eigenvalue weighted by atomic mass is 10.1. The summed E-state index contributed by atoms with van der Waals surface area (Å²) in [7, 11) is 1.43. The molecule has 1 unspecified atom stereocenters. The van der Waals surface area contributed by atoms with Crippen molar-refractivity contribution in [2.75, 3.05) is 47.5 Å². The summed E-state index contributed by atoms with van der Waals surface area (Å²) in [6, 6.07) is 0. The van der Waals surface area contributed by atoms with Crippen molar-refractivity contribution in [2.24, 2.45) is 0 Å². The van der Waals surface area contributed by atoms with Gasteiger partial charge in [0.05, 0.1) is 27.7 Å². The lowest BCUT2D eigenvalue weighted by Gasteiger charge is -2.24. The summed E-state index contributed by atoms with van der Waals surface area (Å²) < 4.78 is 34.2. The van der Waals surface area contributed by atoms with Crippen LogP contribution in [0.5, 0.6) is 0 Å². The number of likely N-dealkylation sites (N-methyl/N-ethyl adjacent to an activating group) is 1. The van der Waals surface area contributed by atoms with Crippen LogP contribution in [-0.2, 0) is 32.7 Å². The van der Waals surface area contributed by atoms with Gasteiger partial charge in [-0.3, -0.25) is 18.6 Å². The molecule has 0 aromatic rings. The molecule has 0 spiro atoms. The Labute approximate surface area is 342 Å². The summed E-state index contributed by atoms with van der Waals surface area (Å²) in [5.74, 6) is -0.887. The van der Waals surface area contributed by atoms with Crippen molar-refractivity contribution < 1.29 is 42.1 Å². The third-order valence-corrected chi connectivity index (χ3v) is 9.70. The molecule has 0 amide bonds. The van der Waals surface area contributed by atoms with Crippen molar-refractivity contribution >= 4 is 19.8 Å². The molecule has 56 heavy (non-hydrogen) atoms. The molecular formula is C46H81NO8P+. The lowest BCUT2D eigenvalue weighted by Crippen LogP contribution is -2.37. The number of carbonyl (C=O) groups excluding carboxylic acids is 2. The van der Waals surface area contributed by atoms with Gasteiger partial charge in [0.15, 0.2) is 6.10 Å². The predicted octanol–water partition coefficient (Wildman–Crippen LogP) is 12.2. The van der Waals surface area contributed by atoms with Crippen molar-refractivity contribution in [3.63, 3.8) is 0 Å². The minimum atomic E-state index is -4.39. The summed E-state index contributed by atoms with van der Waals surface area (Å²) in [5, 5.41) is 0. The Morgan fingerprint density at radius 3 is 1.57 bits per heavy atom.